The minimum Gasteiger partial charge on any atom is -0.453 e. The number of nitrogens with zero attached hydrogens (tertiary/aromatic N) is 3. The Morgan fingerprint density at radius 3 is 3.08 bits per heavy atom. The van der Waals surface area contributed by atoms with Crippen LogP contribution >= 0.6 is 0 Å². The van der Waals surface area contributed by atoms with Crippen molar-refractivity contribution in [3.8, 4) is 0 Å². The lowest BCUT2D eigenvalue weighted by Gasteiger charge is -2.19. The highest BCUT2D eigenvalue weighted by atomic mass is 16.5. The molecule has 128 valence electrons. The van der Waals surface area contributed by atoms with E-state index in [0.717, 1.165) is 12.8 Å². The summed E-state index contributed by atoms with van der Waals surface area (Å²) in [7, 11) is 1.37. The first-order chi connectivity index (χ1) is 11.7. The van der Waals surface area contributed by atoms with Crippen molar-refractivity contribution in [2.75, 3.05) is 25.5 Å². The van der Waals surface area contributed by atoms with E-state index in [1.165, 1.54) is 13.3 Å². The fraction of sp³-hybridized carbons (Fsp3) is 0.467. The summed E-state index contributed by atoms with van der Waals surface area (Å²) in [6, 6.07) is 1.47. The smallest absolute Gasteiger partial charge is 0.409 e. The number of aromatic nitrogens is 3. The van der Waals surface area contributed by atoms with E-state index in [0.29, 0.717) is 36.5 Å². The Morgan fingerprint density at radius 1 is 1.38 bits per heavy atom. The van der Waals surface area contributed by atoms with Crippen LogP contribution in [0.25, 0.3) is 11.2 Å². The van der Waals surface area contributed by atoms with Gasteiger partial charge in [-0.2, -0.15) is 0 Å². The maximum absolute atomic E-state index is 12.1. The van der Waals surface area contributed by atoms with Crippen LogP contribution < -0.4 is 10.6 Å². The van der Waals surface area contributed by atoms with Gasteiger partial charge < -0.3 is 19.9 Å². The molecule has 9 nitrogen and oxygen atoms in total. The van der Waals surface area contributed by atoms with Crippen molar-refractivity contribution >= 4 is 29.1 Å². The number of hydrogen-bond donors (Lipinski definition) is 3. The van der Waals surface area contributed by atoms with E-state index in [1.54, 1.807) is 17.2 Å². The Balaban J connectivity index is 1.53. The van der Waals surface area contributed by atoms with Gasteiger partial charge in [0.2, 0.25) is 0 Å². The summed E-state index contributed by atoms with van der Waals surface area (Å²) in [4.78, 5) is 36.8. The fourth-order valence-corrected chi connectivity index (χ4v) is 2.78. The molecule has 1 aliphatic heterocycles. The Morgan fingerprint density at radius 2 is 2.25 bits per heavy atom. The zero-order valence-corrected chi connectivity index (χ0v) is 13.4. The van der Waals surface area contributed by atoms with Gasteiger partial charge in [0.15, 0.2) is 11.5 Å². The molecule has 0 aromatic carbocycles. The van der Waals surface area contributed by atoms with E-state index in [1.807, 2.05) is 0 Å². The van der Waals surface area contributed by atoms with Crippen molar-refractivity contribution in [1.29, 1.82) is 0 Å². The second-order valence-corrected chi connectivity index (χ2v) is 5.65. The zero-order valence-electron chi connectivity index (χ0n) is 13.4. The third-order valence-corrected chi connectivity index (χ3v) is 4.00. The lowest BCUT2D eigenvalue weighted by Crippen LogP contribution is -2.39. The average Bonchev–Trinajstić information content (AvgIpc) is 2.92. The van der Waals surface area contributed by atoms with Crippen molar-refractivity contribution in [3.05, 3.63) is 18.5 Å². The molecule has 1 fully saturated rings. The predicted molar refractivity (Wildman–Crippen MR) is 87.7 cm³/mol. The Labute approximate surface area is 138 Å². The van der Waals surface area contributed by atoms with E-state index in [4.69, 9.17) is 4.74 Å². The molecule has 3 rings (SSSR count). The van der Waals surface area contributed by atoms with Crippen molar-refractivity contribution in [2.24, 2.45) is 0 Å². The molecule has 9 heteroatoms. The number of likely N-dealkylation sites (tertiary alicyclic amines) is 1. The zero-order chi connectivity index (χ0) is 16.9. The van der Waals surface area contributed by atoms with Crippen molar-refractivity contribution < 1.29 is 14.3 Å². The maximum atomic E-state index is 12.1. The average molecular weight is 332 g/mol. The van der Waals surface area contributed by atoms with Crippen molar-refractivity contribution in [1.82, 2.24) is 25.2 Å². The van der Waals surface area contributed by atoms with Crippen LogP contribution in [-0.2, 0) is 4.74 Å². The van der Waals surface area contributed by atoms with E-state index in [2.05, 4.69) is 25.6 Å². The summed E-state index contributed by atoms with van der Waals surface area (Å²) in [5.74, 6) is 0.393. The van der Waals surface area contributed by atoms with Gasteiger partial charge in [0, 0.05) is 25.3 Å². The fourth-order valence-electron chi connectivity index (χ4n) is 2.78. The summed E-state index contributed by atoms with van der Waals surface area (Å²) >= 11 is 0. The topological polar surface area (TPSA) is 112 Å². The summed E-state index contributed by atoms with van der Waals surface area (Å²) in [5.41, 5.74) is 1.36. The molecule has 3 amide bonds. The molecule has 0 aliphatic carbocycles. The number of aromatic amines is 1. The summed E-state index contributed by atoms with van der Waals surface area (Å²) < 4.78 is 4.74. The van der Waals surface area contributed by atoms with Gasteiger partial charge in [-0.1, -0.05) is 0 Å². The van der Waals surface area contributed by atoms with Gasteiger partial charge in [-0.25, -0.2) is 19.6 Å². The van der Waals surface area contributed by atoms with E-state index in [9.17, 15) is 9.59 Å². The highest BCUT2D eigenvalue weighted by Crippen LogP contribution is 2.13. The van der Waals surface area contributed by atoms with Crippen LogP contribution in [0.5, 0.6) is 0 Å². The number of amides is 3. The number of fused-ring (bicyclic) bond motifs is 1. The molecule has 0 saturated carbocycles. The maximum Gasteiger partial charge on any atom is 0.409 e. The minimum atomic E-state index is -0.324. The molecule has 24 heavy (non-hydrogen) atoms. The predicted octanol–water partition coefficient (Wildman–Crippen LogP) is 1.70. The normalized spacial score (nSPS) is 18.0. The molecule has 0 spiro atoms. The molecule has 0 bridgehead atoms. The number of hydrogen-bond acceptors (Lipinski definition) is 5. The molecule has 1 unspecified atom stereocenters. The van der Waals surface area contributed by atoms with Crippen LogP contribution in [0.3, 0.4) is 0 Å². The van der Waals surface area contributed by atoms with Gasteiger partial charge in [-0.15, -0.1) is 0 Å². The monoisotopic (exact) mass is 332 g/mol. The second kappa shape index (κ2) is 7.16. The van der Waals surface area contributed by atoms with Gasteiger partial charge in [0.05, 0.1) is 13.3 Å². The van der Waals surface area contributed by atoms with Crippen LogP contribution in [0.4, 0.5) is 15.4 Å². The highest BCUT2D eigenvalue weighted by molar-refractivity contribution is 5.89. The first-order valence-corrected chi connectivity index (χ1v) is 7.86. The Hall–Kier alpha value is -2.84. The van der Waals surface area contributed by atoms with Crippen molar-refractivity contribution in [2.45, 2.75) is 25.3 Å². The standard InChI is InChI=1S/C15H20N6O3/c1-24-15(23)21-7-2-3-10(5-8-21)18-14(22)20-12-9-17-13-11(19-12)4-6-16-13/h4,6,9-10H,2-3,5,7-8H2,1H3,(H,16,17)(H2,18,19,20,22). The highest BCUT2D eigenvalue weighted by Gasteiger charge is 2.22. The number of rotatable bonds is 2. The van der Waals surface area contributed by atoms with Crippen LogP contribution in [0.15, 0.2) is 18.5 Å². The number of carbonyl (C=O) groups excluding carboxylic acids is 2. The molecule has 1 aliphatic rings. The SMILES string of the molecule is COC(=O)N1CCCC(NC(=O)Nc2cnc3[nH]ccc3n2)CC1. The van der Waals surface area contributed by atoms with E-state index < -0.39 is 0 Å². The first-order valence-electron chi connectivity index (χ1n) is 7.86. The summed E-state index contributed by atoms with van der Waals surface area (Å²) in [6.45, 7) is 1.20. The summed E-state index contributed by atoms with van der Waals surface area (Å²) in [6.07, 6.45) is 5.23. The molecule has 2 aromatic heterocycles. The molecule has 1 atom stereocenters. The lowest BCUT2D eigenvalue weighted by molar-refractivity contribution is 0.125. The molecular formula is C15H20N6O3. The molecule has 3 heterocycles. The van der Waals surface area contributed by atoms with E-state index >= 15 is 0 Å². The quantitative estimate of drug-likeness (QED) is 0.775. The molecule has 1 saturated heterocycles. The van der Waals surface area contributed by atoms with Crippen LogP contribution in [0.1, 0.15) is 19.3 Å². The number of nitrogens with one attached hydrogen (secondary N) is 3. The van der Waals surface area contributed by atoms with Crippen LogP contribution in [0.2, 0.25) is 0 Å². The second-order valence-electron chi connectivity index (χ2n) is 5.65. The number of anilines is 1. The summed E-state index contributed by atoms with van der Waals surface area (Å²) in [5, 5.41) is 5.62. The number of carbonyl (C=O) groups is 2. The van der Waals surface area contributed by atoms with Gasteiger partial charge in [-0.3, -0.25) is 5.32 Å². The van der Waals surface area contributed by atoms with Crippen molar-refractivity contribution in [3.63, 3.8) is 0 Å². The Bertz CT molecular complexity index is 731. The Kier molecular flexibility index (Phi) is 4.78. The van der Waals surface area contributed by atoms with Crippen LogP contribution in [-0.4, -0.2) is 58.2 Å². The van der Waals surface area contributed by atoms with E-state index in [-0.39, 0.29) is 18.2 Å². The number of H-pyrrole nitrogens is 1. The van der Waals surface area contributed by atoms with Gasteiger partial charge in [-0.05, 0) is 25.3 Å². The first kappa shape index (κ1) is 16.0. The third kappa shape index (κ3) is 3.73. The number of methoxy groups -OCH3 is 1. The van der Waals surface area contributed by atoms with Gasteiger partial charge in [0.25, 0.3) is 0 Å². The lowest BCUT2D eigenvalue weighted by atomic mass is 10.1. The number of urea groups is 1. The largest absolute Gasteiger partial charge is 0.453 e. The van der Waals surface area contributed by atoms with Gasteiger partial charge in [0.1, 0.15) is 5.52 Å². The molecule has 3 N–H and O–H groups in total. The molecule has 2 aromatic rings. The number of ether oxygens (including phenoxy) is 1. The van der Waals surface area contributed by atoms with Crippen LogP contribution in [0, 0.1) is 0 Å². The minimum absolute atomic E-state index is 0.00334. The molecule has 0 radical (unpaired) electrons. The third-order valence-electron chi connectivity index (χ3n) is 4.00. The molecular weight excluding hydrogens is 312 g/mol. The van der Waals surface area contributed by atoms with Gasteiger partial charge >= 0.3 is 12.1 Å².